The van der Waals surface area contributed by atoms with E-state index in [4.69, 9.17) is 14.2 Å². The van der Waals surface area contributed by atoms with E-state index in [-0.39, 0.29) is 5.37 Å². The van der Waals surface area contributed by atoms with Gasteiger partial charge in [-0.2, -0.15) is 5.10 Å². The lowest BCUT2D eigenvalue weighted by Gasteiger charge is -2.26. The van der Waals surface area contributed by atoms with Gasteiger partial charge in [0.25, 0.3) is 0 Å². The van der Waals surface area contributed by atoms with Gasteiger partial charge in [0.15, 0.2) is 0 Å². The summed E-state index contributed by atoms with van der Waals surface area (Å²) in [6.07, 6.45) is 0. The zero-order valence-electron chi connectivity index (χ0n) is 17.4. The molecule has 1 saturated heterocycles. The maximum absolute atomic E-state index is 5.78. The van der Waals surface area contributed by atoms with E-state index >= 15 is 0 Å². The van der Waals surface area contributed by atoms with Gasteiger partial charge in [0, 0.05) is 24.9 Å². The molecule has 30 heavy (non-hydrogen) atoms. The monoisotopic (exact) mass is 423 g/mol. The fourth-order valence-electron chi connectivity index (χ4n) is 3.51. The number of hydrogen-bond acceptors (Lipinski definition) is 7. The first-order valence-electron chi connectivity index (χ1n) is 9.81. The second-order valence-corrected chi connectivity index (χ2v) is 8.22. The van der Waals surface area contributed by atoms with E-state index in [1.807, 2.05) is 61.2 Å². The second-order valence-electron chi connectivity index (χ2n) is 7.03. The molecule has 1 atom stereocenters. The van der Waals surface area contributed by atoms with Gasteiger partial charge in [-0.1, -0.05) is 18.2 Å². The number of thioether (sulfide) groups is 1. The topological polar surface area (TPSA) is 56.7 Å². The standard InChI is InChI=1S/C23H25N3O3S/c1-16-7-12-21(25-24-16)29-18-10-8-17(9-11-18)15-26-13-14-30-23(26)22-19(27-2)5-4-6-20(22)28-3/h4-12,23H,13-15H2,1-3H3. The molecule has 2 aromatic carbocycles. The summed E-state index contributed by atoms with van der Waals surface area (Å²) in [6, 6.07) is 17.8. The number of ether oxygens (including phenoxy) is 3. The second kappa shape index (κ2) is 9.36. The van der Waals surface area contributed by atoms with Crippen molar-refractivity contribution >= 4 is 11.8 Å². The van der Waals surface area contributed by atoms with Crippen LogP contribution in [-0.2, 0) is 6.54 Å². The Kier molecular flexibility index (Phi) is 6.40. The first-order chi connectivity index (χ1) is 14.7. The molecule has 0 N–H and O–H groups in total. The molecule has 1 aromatic heterocycles. The predicted octanol–water partition coefficient (Wildman–Crippen LogP) is 4.84. The molecule has 0 spiro atoms. The summed E-state index contributed by atoms with van der Waals surface area (Å²) in [4.78, 5) is 2.45. The predicted molar refractivity (Wildman–Crippen MR) is 118 cm³/mol. The molecule has 2 heterocycles. The third-order valence-electron chi connectivity index (χ3n) is 5.00. The number of methoxy groups -OCH3 is 2. The van der Waals surface area contributed by atoms with Crippen LogP contribution in [0.1, 0.15) is 22.2 Å². The Hall–Kier alpha value is -2.77. The summed E-state index contributed by atoms with van der Waals surface area (Å²) in [7, 11) is 3.42. The SMILES string of the molecule is COc1cccc(OC)c1C1SCCN1Cc1ccc(Oc2ccc(C)nn2)cc1. The lowest BCUT2D eigenvalue weighted by atomic mass is 10.1. The molecule has 0 saturated carbocycles. The summed E-state index contributed by atoms with van der Waals surface area (Å²) in [5, 5.41) is 8.26. The van der Waals surface area contributed by atoms with Crippen molar-refractivity contribution in [2.24, 2.45) is 0 Å². The molecule has 3 aromatic rings. The van der Waals surface area contributed by atoms with Crippen LogP contribution in [0.4, 0.5) is 0 Å². The molecule has 0 amide bonds. The number of aromatic nitrogens is 2. The molecule has 4 rings (SSSR count). The average Bonchev–Trinajstić information content (AvgIpc) is 3.23. The van der Waals surface area contributed by atoms with Gasteiger partial charge < -0.3 is 14.2 Å². The Morgan fingerprint density at radius 2 is 1.70 bits per heavy atom. The van der Waals surface area contributed by atoms with Gasteiger partial charge in [-0.05, 0) is 42.8 Å². The Labute approximate surface area is 181 Å². The van der Waals surface area contributed by atoms with Crippen LogP contribution in [0.3, 0.4) is 0 Å². The highest BCUT2D eigenvalue weighted by atomic mass is 32.2. The van der Waals surface area contributed by atoms with E-state index in [1.54, 1.807) is 14.2 Å². The fourth-order valence-corrected chi connectivity index (χ4v) is 4.87. The largest absolute Gasteiger partial charge is 0.496 e. The van der Waals surface area contributed by atoms with E-state index in [1.165, 1.54) is 5.56 Å². The highest BCUT2D eigenvalue weighted by molar-refractivity contribution is 7.99. The van der Waals surface area contributed by atoms with E-state index in [2.05, 4.69) is 27.2 Å². The third kappa shape index (κ3) is 4.52. The van der Waals surface area contributed by atoms with Gasteiger partial charge in [-0.15, -0.1) is 16.9 Å². The summed E-state index contributed by atoms with van der Waals surface area (Å²) >= 11 is 1.91. The number of benzene rings is 2. The molecular weight excluding hydrogens is 398 g/mol. The zero-order valence-corrected chi connectivity index (χ0v) is 18.2. The molecule has 0 radical (unpaired) electrons. The van der Waals surface area contributed by atoms with Gasteiger partial charge in [-0.25, -0.2) is 0 Å². The lowest BCUT2D eigenvalue weighted by molar-refractivity contribution is 0.269. The minimum atomic E-state index is 0.190. The molecule has 1 aliphatic rings. The van der Waals surface area contributed by atoms with Gasteiger partial charge in [-0.3, -0.25) is 4.90 Å². The van der Waals surface area contributed by atoms with Crippen molar-refractivity contribution in [3.63, 3.8) is 0 Å². The van der Waals surface area contributed by atoms with Crippen molar-refractivity contribution in [1.82, 2.24) is 15.1 Å². The maximum Gasteiger partial charge on any atom is 0.238 e. The number of hydrogen-bond donors (Lipinski definition) is 0. The van der Waals surface area contributed by atoms with Crippen LogP contribution in [0.2, 0.25) is 0 Å². The third-order valence-corrected chi connectivity index (χ3v) is 6.27. The quantitative estimate of drug-likeness (QED) is 0.539. The molecule has 7 heteroatoms. The van der Waals surface area contributed by atoms with Crippen LogP contribution >= 0.6 is 11.8 Å². The summed E-state index contributed by atoms with van der Waals surface area (Å²) in [6.45, 7) is 3.74. The molecule has 1 unspecified atom stereocenters. The molecule has 0 bridgehead atoms. The van der Waals surface area contributed by atoms with Crippen molar-refractivity contribution in [1.29, 1.82) is 0 Å². The van der Waals surface area contributed by atoms with Crippen molar-refractivity contribution in [2.75, 3.05) is 26.5 Å². The van der Waals surface area contributed by atoms with Gasteiger partial charge in [0.05, 0.1) is 30.9 Å². The summed E-state index contributed by atoms with van der Waals surface area (Å²) in [5.41, 5.74) is 3.18. The molecule has 1 aliphatic heterocycles. The van der Waals surface area contributed by atoms with Crippen LogP contribution in [0.5, 0.6) is 23.1 Å². The van der Waals surface area contributed by atoms with Crippen molar-refractivity contribution < 1.29 is 14.2 Å². The van der Waals surface area contributed by atoms with Crippen molar-refractivity contribution in [3.05, 3.63) is 71.4 Å². The first-order valence-corrected chi connectivity index (χ1v) is 10.9. The van der Waals surface area contributed by atoms with Gasteiger partial charge >= 0.3 is 0 Å². The minimum absolute atomic E-state index is 0.190. The molecular formula is C23H25N3O3S. The Bertz CT molecular complexity index is 958. The van der Waals surface area contributed by atoms with E-state index < -0.39 is 0 Å². The first kappa shape index (κ1) is 20.5. The molecule has 1 fully saturated rings. The highest BCUT2D eigenvalue weighted by Crippen LogP contribution is 2.46. The Balaban J connectivity index is 1.48. The zero-order chi connectivity index (χ0) is 20.9. The van der Waals surface area contributed by atoms with Gasteiger partial charge in [0.2, 0.25) is 5.88 Å². The van der Waals surface area contributed by atoms with Crippen LogP contribution in [0, 0.1) is 6.92 Å². The fraction of sp³-hybridized carbons (Fsp3) is 0.304. The normalized spacial score (nSPS) is 16.4. The highest BCUT2D eigenvalue weighted by Gasteiger charge is 2.31. The van der Waals surface area contributed by atoms with E-state index in [0.717, 1.165) is 47.3 Å². The van der Waals surface area contributed by atoms with Crippen molar-refractivity contribution in [3.8, 4) is 23.1 Å². The van der Waals surface area contributed by atoms with Crippen LogP contribution in [-0.4, -0.2) is 41.6 Å². The van der Waals surface area contributed by atoms with Crippen molar-refractivity contribution in [2.45, 2.75) is 18.8 Å². The minimum Gasteiger partial charge on any atom is -0.496 e. The lowest BCUT2D eigenvalue weighted by Crippen LogP contribution is -2.23. The number of nitrogens with zero attached hydrogens (tertiary/aromatic N) is 3. The van der Waals surface area contributed by atoms with E-state index in [9.17, 15) is 0 Å². The molecule has 6 nitrogen and oxygen atoms in total. The van der Waals surface area contributed by atoms with Crippen LogP contribution in [0.25, 0.3) is 0 Å². The number of aryl methyl sites for hydroxylation is 1. The van der Waals surface area contributed by atoms with E-state index in [0.29, 0.717) is 5.88 Å². The average molecular weight is 424 g/mol. The van der Waals surface area contributed by atoms with Gasteiger partial charge in [0.1, 0.15) is 17.2 Å². The summed E-state index contributed by atoms with van der Waals surface area (Å²) < 4.78 is 17.0. The molecule has 0 aliphatic carbocycles. The smallest absolute Gasteiger partial charge is 0.238 e. The molecule has 156 valence electrons. The Morgan fingerprint density at radius 3 is 2.33 bits per heavy atom. The summed E-state index contributed by atoms with van der Waals surface area (Å²) in [5.74, 6) is 4.03. The van der Waals surface area contributed by atoms with Crippen LogP contribution < -0.4 is 14.2 Å². The Morgan fingerprint density at radius 1 is 0.967 bits per heavy atom. The van der Waals surface area contributed by atoms with Crippen LogP contribution in [0.15, 0.2) is 54.6 Å². The maximum atomic E-state index is 5.78. The number of rotatable bonds is 7.